The molecular weight excluding hydrogens is 334 g/mol. The second-order valence-corrected chi connectivity index (χ2v) is 5.67. The number of nitro groups is 1. The van der Waals surface area contributed by atoms with Crippen molar-refractivity contribution in [1.29, 1.82) is 0 Å². The highest BCUT2D eigenvalue weighted by Crippen LogP contribution is 2.23. The van der Waals surface area contributed by atoms with Crippen LogP contribution in [-0.4, -0.2) is 17.4 Å². The third-order valence-corrected chi connectivity index (χ3v) is 3.92. The fraction of sp³-hybridized carbons (Fsp3) is 0.105. The highest BCUT2D eigenvalue weighted by Gasteiger charge is 2.22. The molecule has 1 heterocycles. The Morgan fingerprint density at radius 1 is 1.08 bits per heavy atom. The van der Waals surface area contributed by atoms with Gasteiger partial charge in [-0.3, -0.25) is 14.9 Å². The Balaban J connectivity index is 1.70. The van der Waals surface area contributed by atoms with Crippen LogP contribution in [0.25, 0.3) is 0 Å². The molecule has 26 heavy (non-hydrogen) atoms. The number of amides is 1. The monoisotopic (exact) mass is 352 g/mol. The lowest BCUT2D eigenvalue weighted by Crippen LogP contribution is -2.87. The summed E-state index contributed by atoms with van der Waals surface area (Å²) in [6, 6.07) is 19.2. The molecule has 0 spiro atoms. The average molecular weight is 352 g/mol. The van der Waals surface area contributed by atoms with Crippen molar-refractivity contribution in [1.82, 2.24) is 0 Å². The van der Waals surface area contributed by atoms with E-state index in [2.05, 4.69) is 5.32 Å². The lowest BCUT2D eigenvalue weighted by Gasteiger charge is -2.14. The summed E-state index contributed by atoms with van der Waals surface area (Å²) in [5.74, 6) is 0.404. The van der Waals surface area contributed by atoms with Gasteiger partial charge >= 0.3 is 0 Å². The molecule has 3 rings (SSSR count). The van der Waals surface area contributed by atoms with E-state index in [-0.39, 0.29) is 29.9 Å². The van der Waals surface area contributed by atoms with Gasteiger partial charge in [0.1, 0.15) is 5.69 Å². The van der Waals surface area contributed by atoms with Gasteiger partial charge in [-0.2, -0.15) is 0 Å². The van der Waals surface area contributed by atoms with Crippen molar-refractivity contribution in [3.63, 3.8) is 0 Å². The van der Waals surface area contributed by atoms with Crippen LogP contribution in [0.4, 0.5) is 11.4 Å². The summed E-state index contributed by atoms with van der Waals surface area (Å²) in [7, 11) is 0. The Kier molecular flexibility index (Phi) is 5.40. The molecule has 1 amide bonds. The fourth-order valence-electron chi connectivity index (χ4n) is 2.71. The molecular formula is C19H18N3O4+. The van der Waals surface area contributed by atoms with E-state index in [1.54, 1.807) is 24.5 Å². The number of carbonyl (C=O) groups is 1. The van der Waals surface area contributed by atoms with Gasteiger partial charge in [0, 0.05) is 11.6 Å². The van der Waals surface area contributed by atoms with Gasteiger partial charge in [0.2, 0.25) is 0 Å². The standard InChI is InChI=1S/C19H17N3O4/c23-18(21-15-9-4-5-10-16(15)22(24)25)13-20-19(17-11-6-12-26-17)14-7-2-1-3-8-14/h1-12,19-20H,13H2,(H,21,23)/p+1/t19-/m0/s1. The molecule has 0 bridgehead atoms. The number of carbonyl (C=O) groups excluding carboxylic acids is 1. The van der Waals surface area contributed by atoms with Crippen LogP contribution in [0.15, 0.2) is 77.4 Å². The third-order valence-electron chi connectivity index (χ3n) is 3.92. The minimum Gasteiger partial charge on any atom is -0.463 e. The predicted molar refractivity (Wildman–Crippen MR) is 95.5 cm³/mol. The summed E-state index contributed by atoms with van der Waals surface area (Å²) in [6.45, 7) is 0.0896. The summed E-state index contributed by atoms with van der Waals surface area (Å²) in [5.41, 5.74) is 1.05. The van der Waals surface area contributed by atoms with Crippen LogP contribution < -0.4 is 10.6 Å². The molecule has 0 aliphatic rings. The van der Waals surface area contributed by atoms with E-state index < -0.39 is 4.92 Å². The first-order valence-electron chi connectivity index (χ1n) is 8.10. The Hall–Kier alpha value is -3.45. The molecule has 0 saturated heterocycles. The number of hydrogen-bond acceptors (Lipinski definition) is 4. The minimum absolute atomic E-state index is 0.0896. The molecule has 7 heteroatoms. The van der Waals surface area contributed by atoms with Gasteiger partial charge in [-0.05, 0) is 18.2 Å². The third kappa shape index (κ3) is 4.14. The number of rotatable bonds is 7. The zero-order chi connectivity index (χ0) is 18.4. The van der Waals surface area contributed by atoms with Gasteiger partial charge in [0.15, 0.2) is 18.3 Å². The molecule has 0 saturated carbocycles. The van der Waals surface area contributed by atoms with E-state index in [1.807, 2.05) is 41.7 Å². The maximum Gasteiger partial charge on any atom is 0.292 e. The largest absolute Gasteiger partial charge is 0.463 e. The Bertz CT molecular complexity index is 879. The number of hydrogen-bond donors (Lipinski definition) is 2. The van der Waals surface area contributed by atoms with E-state index in [9.17, 15) is 14.9 Å². The number of furan rings is 1. The number of nitrogens with zero attached hydrogens (tertiary/aromatic N) is 1. The van der Waals surface area contributed by atoms with Crippen LogP contribution in [0.2, 0.25) is 0 Å². The predicted octanol–water partition coefficient (Wildman–Crippen LogP) is 2.48. The van der Waals surface area contributed by atoms with Crippen molar-refractivity contribution in [3.05, 3.63) is 94.4 Å². The molecule has 3 aromatic rings. The first kappa shape index (κ1) is 17.4. The normalized spacial score (nSPS) is 11.7. The maximum absolute atomic E-state index is 12.3. The van der Waals surface area contributed by atoms with Crippen molar-refractivity contribution in [2.24, 2.45) is 0 Å². The van der Waals surface area contributed by atoms with Crippen molar-refractivity contribution < 1.29 is 19.5 Å². The van der Waals surface area contributed by atoms with Crippen LogP contribution in [0.5, 0.6) is 0 Å². The van der Waals surface area contributed by atoms with E-state index in [0.717, 1.165) is 11.3 Å². The Morgan fingerprint density at radius 3 is 2.50 bits per heavy atom. The van der Waals surface area contributed by atoms with Gasteiger partial charge in [-0.15, -0.1) is 0 Å². The molecule has 0 fully saturated rings. The number of nitrogens with two attached hydrogens (primary N) is 1. The zero-order valence-electron chi connectivity index (χ0n) is 13.9. The fourth-order valence-corrected chi connectivity index (χ4v) is 2.71. The zero-order valence-corrected chi connectivity index (χ0v) is 13.9. The van der Waals surface area contributed by atoms with E-state index >= 15 is 0 Å². The quantitative estimate of drug-likeness (QED) is 0.504. The number of nitro benzene ring substituents is 1. The van der Waals surface area contributed by atoms with Crippen LogP contribution >= 0.6 is 0 Å². The van der Waals surface area contributed by atoms with E-state index in [1.165, 1.54) is 12.1 Å². The van der Waals surface area contributed by atoms with Crippen molar-refractivity contribution in [3.8, 4) is 0 Å². The Morgan fingerprint density at radius 2 is 1.81 bits per heavy atom. The van der Waals surface area contributed by atoms with Crippen molar-refractivity contribution >= 4 is 17.3 Å². The maximum atomic E-state index is 12.3. The van der Waals surface area contributed by atoms with Crippen LogP contribution in [0, 0.1) is 10.1 Å². The molecule has 1 aromatic heterocycles. The second kappa shape index (κ2) is 8.09. The number of nitrogens with one attached hydrogen (secondary N) is 1. The van der Waals surface area contributed by atoms with Crippen LogP contribution in [0.1, 0.15) is 17.4 Å². The first-order valence-corrected chi connectivity index (χ1v) is 8.10. The van der Waals surface area contributed by atoms with Gasteiger partial charge in [0.05, 0.1) is 11.2 Å². The van der Waals surface area contributed by atoms with Crippen molar-refractivity contribution in [2.75, 3.05) is 11.9 Å². The summed E-state index contributed by atoms with van der Waals surface area (Å²) < 4.78 is 5.50. The lowest BCUT2D eigenvalue weighted by atomic mass is 10.0. The van der Waals surface area contributed by atoms with Crippen molar-refractivity contribution in [2.45, 2.75) is 6.04 Å². The van der Waals surface area contributed by atoms with E-state index in [0.29, 0.717) is 0 Å². The van der Waals surface area contributed by atoms with Crippen LogP contribution in [-0.2, 0) is 4.79 Å². The summed E-state index contributed by atoms with van der Waals surface area (Å²) in [5, 5.41) is 15.5. The smallest absolute Gasteiger partial charge is 0.292 e. The molecule has 0 radical (unpaired) electrons. The van der Waals surface area contributed by atoms with Gasteiger partial charge in [-0.1, -0.05) is 42.5 Å². The lowest BCUT2D eigenvalue weighted by molar-refractivity contribution is -0.678. The summed E-state index contributed by atoms with van der Waals surface area (Å²) >= 11 is 0. The molecule has 0 unspecified atom stereocenters. The topological polar surface area (TPSA) is 102 Å². The number of benzene rings is 2. The SMILES string of the molecule is O=C(C[NH2+][C@@H](c1ccccc1)c1ccco1)Nc1ccccc1[N+](=O)[O-]. The number of anilines is 1. The van der Waals surface area contributed by atoms with Gasteiger partial charge in [0.25, 0.3) is 11.6 Å². The van der Waals surface area contributed by atoms with Gasteiger partial charge < -0.3 is 15.1 Å². The minimum atomic E-state index is -0.519. The molecule has 1 atom stereocenters. The average Bonchev–Trinajstić information content (AvgIpc) is 3.17. The van der Waals surface area contributed by atoms with Crippen LogP contribution in [0.3, 0.4) is 0 Å². The van der Waals surface area contributed by atoms with Gasteiger partial charge in [-0.25, -0.2) is 0 Å². The number of para-hydroxylation sites is 2. The molecule has 0 aliphatic carbocycles. The van der Waals surface area contributed by atoms with E-state index in [4.69, 9.17) is 4.42 Å². The molecule has 0 aliphatic heterocycles. The molecule has 3 N–H and O–H groups in total. The summed E-state index contributed by atoms with van der Waals surface area (Å²) in [4.78, 5) is 22.8. The molecule has 7 nitrogen and oxygen atoms in total. The highest BCUT2D eigenvalue weighted by molar-refractivity contribution is 5.93. The summed E-state index contributed by atoms with van der Waals surface area (Å²) in [6.07, 6.45) is 1.59. The first-order chi connectivity index (χ1) is 12.6. The second-order valence-electron chi connectivity index (χ2n) is 5.67. The molecule has 132 valence electrons. The highest BCUT2D eigenvalue weighted by atomic mass is 16.6. The number of quaternary nitrogens is 1. The Labute approximate surface area is 149 Å². The molecule has 2 aromatic carbocycles.